The summed E-state index contributed by atoms with van der Waals surface area (Å²) in [4.78, 5) is 8.35. The van der Waals surface area contributed by atoms with Gasteiger partial charge in [-0.15, -0.1) is 0 Å². The highest BCUT2D eigenvalue weighted by Gasteiger charge is 2.61. The van der Waals surface area contributed by atoms with Gasteiger partial charge in [0.25, 0.3) is 0 Å². The average Bonchev–Trinajstić information content (AvgIpc) is 1.66. The van der Waals surface area contributed by atoms with Crippen LogP contribution in [-0.2, 0) is 16.2 Å². The number of benzene rings is 14. The molecule has 14 aromatic carbocycles. The van der Waals surface area contributed by atoms with E-state index >= 15 is 0 Å². The van der Waals surface area contributed by atoms with Gasteiger partial charge in [-0.3, -0.25) is 0 Å². The van der Waals surface area contributed by atoms with E-state index in [1.54, 1.807) is 0 Å². The van der Waals surface area contributed by atoms with Gasteiger partial charge < -0.3 is 14.7 Å². The van der Waals surface area contributed by atoms with Crippen LogP contribution in [-0.4, -0.2) is 16.6 Å². The molecule has 3 aliphatic heterocycles. The lowest BCUT2D eigenvalue weighted by Gasteiger charge is -2.50. The molecule has 20 rings (SSSR count). The van der Waals surface area contributed by atoms with Gasteiger partial charge in [-0.25, -0.2) is 0 Å². The molecule has 0 spiro atoms. The third kappa shape index (κ3) is 7.43. The lowest BCUT2D eigenvalue weighted by atomic mass is 9.61. The summed E-state index contributed by atoms with van der Waals surface area (Å²) in [6, 6.07) is 97.5. The van der Waals surface area contributed by atoms with E-state index in [0.717, 1.165) is 19.3 Å². The fraction of sp³-hybridized carbons (Fsp3) is 0.255. The van der Waals surface area contributed by atoms with E-state index < -0.39 is 0 Å². The molecule has 3 heterocycles. The highest BCUT2D eigenvalue weighted by atomic mass is 15.3. The maximum Gasteiger partial charge on any atom is 0.0535 e. The number of hydrogen-bond acceptors (Lipinski definition) is 3. The van der Waals surface area contributed by atoms with Crippen LogP contribution >= 0.6 is 0 Å². The summed E-state index contributed by atoms with van der Waals surface area (Å²) in [5.41, 5.74) is 22.4. The number of para-hydroxylation sites is 3. The predicted molar refractivity (Wildman–Crippen MR) is 413 cm³/mol. The Kier molecular flexibility index (Phi) is 12.1. The van der Waals surface area contributed by atoms with Crippen LogP contribution in [0.2, 0.25) is 0 Å². The molecule has 6 atom stereocenters. The van der Waals surface area contributed by atoms with Crippen LogP contribution in [0.4, 0.5) is 34.1 Å². The molecule has 0 aromatic heterocycles. The first kappa shape index (κ1) is 57.5. The fourth-order valence-electron chi connectivity index (χ4n) is 21.8. The van der Waals surface area contributed by atoms with Crippen LogP contribution in [0, 0.1) is 0 Å². The van der Waals surface area contributed by atoms with E-state index in [-0.39, 0.29) is 32.9 Å². The molecular weight excluding hydrogens is 1170 g/mol. The maximum absolute atomic E-state index is 2.79. The number of hydrogen-bond donors (Lipinski definition) is 0. The average molecular weight is 1250 g/mol. The number of anilines is 6. The van der Waals surface area contributed by atoms with Gasteiger partial charge in [0, 0.05) is 49.5 Å². The Morgan fingerprint density at radius 3 is 0.835 bits per heavy atom. The molecule has 3 saturated carbocycles. The summed E-state index contributed by atoms with van der Waals surface area (Å²) >= 11 is 0. The zero-order valence-electron chi connectivity index (χ0n) is 57.0. The third-order valence-corrected chi connectivity index (χ3v) is 27.3. The summed E-state index contributed by atoms with van der Waals surface area (Å²) in [7, 11) is 0. The van der Waals surface area contributed by atoms with E-state index in [9.17, 15) is 0 Å². The van der Waals surface area contributed by atoms with Crippen LogP contribution in [0.3, 0.4) is 0 Å². The molecule has 6 unspecified atom stereocenters. The summed E-state index contributed by atoms with van der Waals surface area (Å²) in [6.07, 6.45) is 14.5. The Hall–Kier alpha value is -9.70. The van der Waals surface area contributed by atoms with Crippen molar-refractivity contribution >= 4 is 98.8 Å². The SMILES string of the molecule is CC12CCCCC1(C)N(c1ccccc1)c1c2ccc2c(-c3cc(-c4ccccc4)c4ccc5c(-c6cccc7c8c(ccc67)C6(C)CCCCC6(C)N8c6ccccc6)cc(-c6cccc7c8c(ccc67)C6(C)CCCCC6(C)N8c6ccccc6)c6ccc3c4c56)cccc12. The minimum atomic E-state index is -0.0784. The molecule has 0 radical (unpaired) electrons. The van der Waals surface area contributed by atoms with Crippen molar-refractivity contribution in [2.75, 3.05) is 14.7 Å². The summed E-state index contributed by atoms with van der Waals surface area (Å²) in [6.45, 7) is 15.5. The molecule has 14 aromatic rings. The molecule has 3 heteroatoms. The first-order valence-corrected chi connectivity index (χ1v) is 36.5. The van der Waals surface area contributed by atoms with Gasteiger partial charge in [0.15, 0.2) is 0 Å². The predicted octanol–water partition coefficient (Wildman–Crippen LogP) is 25.9. The van der Waals surface area contributed by atoms with Crippen molar-refractivity contribution in [1.82, 2.24) is 0 Å². The van der Waals surface area contributed by atoms with E-state index in [0.29, 0.717) is 0 Å². The van der Waals surface area contributed by atoms with Crippen molar-refractivity contribution in [3.8, 4) is 44.5 Å². The molecule has 3 nitrogen and oxygen atoms in total. The second-order valence-corrected chi connectivity index (χ2v) is 31.4. The summed E-state index contributed by atoms with van der Waals surface area (Å²) < 4.78 is 0. The van der Waals surface area contributed by atoms with Crippen molar-refractivity contribution in [2.45, 2.75) is 151 Å². The summed E-state index contributed by atoms with van der Waals surface area (Å²) in [5, 5.41) is 15.7. The van der Waals surface area contributed by atoms with Crippen molar-refractivity contribution in [2.24, 2.45) is 0 Å². The molecule has 0 N–H and O–H groups in total. The number of nitrogens with zero attached hydrogens (tertiary/aromatic N) is 3. The molecule has 6 aliphatic rings. The van der Waals surface area contributed by atoms with Crippen LogP contribution in [0.5, 0.6) is 0 Å². The second kappa shape index (κ2) is 20.4. The third-order valence-electron chi connectivity index (χ3n) is 27.3. The van der Waals surface area contributed by atoms with Crippen LogP contribution in [0.15, 0.2) is 249 Å². The van der Waals surface area contributed by atoms with Gasteiger partial charge >= 0.3 is 0 Å². The van der Waals surface area contributed by atoms with E-state index in [4.69, 9.17) is 0 Å². The van der Waals surface area contributed by atoms with E-state index in [1.807, 2.05) is 0 Å². The Balaban J connectivity index is 0.895. The van der Waals surface area contributed by atoms with Gasteiger partial charge in [0.2, 0.25) is 0 Å². The maximum atomic E-state index is 2.79. The Morgan fingerprint density at radius 1 is 0.227 bits per heavy atom. The van der Waals surface area contributed by atoms with Crippen molar-refractivity contribution in [1.29, 1.82) is 0 Å². The fourth-order valence-corrected chi connectivity index (χ4v) is 21.8. The van der Waals surface area contributed by atoms with Crippen molar-refractivity contribution < 1.29 is 0 Å². The van der Waals surface area contributed by atoms with Crippen LogP contribution in [0.1, 0.15) is 135 Å². The molecule has 0 bridgehead atoms. The van der Waals surface area contributed by atoms with E-state index in [2.05, 4.69) is 305 Å². The quantitative estimate of drug-likeness (QED) is 0.147. The van der Waals surface area contributed by atoms with Crippen molar-refractivity contribution in [3.63, 3.8) is 0 Å². The Labute approximate surface area is 571 Å². The van der Waals surface area contributed by atoms with Crippen molar-refractivity contribution in [3.05, 3.63) is 265 Å². The molecule has 3 aliphatic carbocycles. The van der Waals surface area contributed by atoms with Gasteiger partial charge in [-0.05, 0) is 218 Å². The zero-order valence-corrected chi connectivity index (χ0v) is 57.0. The normalized spacial score (nSPS) is 24.9. The topological polar surface area (TPSA) is 9.72 Å². The molecule has 0 saturated heterocycles. The van der Waals surface area contributed by atoms with Gasteiger partial charge in [0.05, 0.1) is 33.7 Å². The molecular formula is C94H83N3. The molecule has 0 amide bonds. The Bertz CT molecular complexity index is 5420. The van der Waals surface area contributed by atoms with Gasteiger partial charge in [-0.1, -0.05) is 259 Å². The Morgan fingerprint density at radius 2 is 0.505 bits per heavy atom. The molecule has 474 valence electrons. The van der Waals surface area contributed by atoms with Crippen LogP contribution < -0.4 is 14.7 Å². The lowest BCUT2D eigenvalue weighted by Crippen LogP contribution is -2.54. The van der Waals surface area contributed by atoms with Gasteiger partial charge in [0.1, 0.15) is 0 Å². The first-order valence-electron chi connectivity index (χ1n) is 36.5. The standard InChI is InChI=1S/C94H83N3/c1-89-52-19-22-55-92(89,4)95(61-30-13-8-14-31-61)86-74-39-25-36-64(67(74)46-49-81(86)89)78-58-77(60-28-11-7-12-29-60)70-42-43-72-79(65-37-26-40-75-68(65)47-50-82-87(75)96(62-32-15-9-16-33-62)93(5)56-23-20-53-90(82,93)2)59-80(73-45-44-71(78)84(70)85(72)73)66-38-27-41-76-69(66)48-51-83-88(76)97(63-34-17-10-18-35-63)94(6)57-24-21-54-91(83,94)3/h7-18,25-51,58-59H,19-24,52-57H2,1-6H3. The minimum Gasteiger partial charge on any atom is -0.334 e. The summed E-state index contributed by atoms with van der Waals surface area (Å²) in [5.74, 6) is 0. The number of fused-ring (bicyclic) bond motifs is 15. The lowest BCUT2D eigenvalue weighted by molar-refractivity contribution is 0.195. The number of rotatable bonds is 7. The monoisotopic (exact) mass is 1250 g/mol. The second-order valence-electron chi connectivity index (χ2n) is 31.4. The molecule has 97 heavy (non-hydrogen) atoms. The van der Waals surface area contributed by atoms with Gasteiger partial charge in [-0.2, -0.15) is 0 Å². The van der Waals surface area contributed by atoms with Crippen LogP contribution in [0.25, 0.3) is 109 Å². The van der Waals surface area contributed by atoms with E-state index in [1.165, 1.54) is 218 Å². The smallest absolute Gasteiger partial charge is 0.0535 e. The zero-order chi connectivity index (χ0) is 65.0. The first-order chi connectivity index (χ1) is 47.4. The highest BCUT2D eigenvalue weighted by molar-refractivity contribution is 6.34. The largest absolute Gasteiger partial charge is 0.334 e. The highest BCUT2D eigenvalue weighted by Crippen LogP contribution is 2.67. The molecule has 3 fully saturated rings. The minimum absolute atomic E-state index is 0.00371.